The molecule has 0 spiro atoms. The summed E-state index contributed by atoms with van der Waals surface area (Å²) >= 11 is 0. The monoisotopic (exact) mass is 270 g/mol. The maximum Gasteiger partial charge on any atom is 0.249 e. The largest absolute Gasteiger partial charge is 0.496 e. The van der Waals surface area contributed by atoms with Crippen molar-refractivity contribution in [2.24, 2.45) is 5.73 Å². The second-order valence-corrected chi connectivity index (χ2v) is 4.51. The lowest BCUT2D eigenvalue weighted by Gasteiger charge is -2.13. The number of nitrogens with one attached hydrogen (secondary N) is 1. The van der Waals surface area contributed by atoms with Gasteiger partial charge in [0.2, 0.25) is 5.91 Å². The van der Waals surface area contributed by atoms with Gasteiger partial charge in [-0.1, -0.05) is 24.3 Å². The number of para-hydroxylation sites is 1. The fourth-order valence-corrected chi connectivity index (χ4v) is 2.13. The Bertz CT molecular complexity index is 624. The molecule has 3 N–H and O–H groups in total. The highest BCUT2D eigenvalue weighted by atomic mass is 16.5. The Morgan fingerprint density at radius 1 is 1.20 bits per heavy atom. The van der Waals surface area contributed by atoms with Gasteiger partial charge in [-0.15, -0.1) is 0 Å². The summed E-state index contributed by atoms with van der Waals surface area (Å²) < 4.78 is 5.31. The van der Waals surface area contributed by atoms with Crippen LogP contribution in [0, 0.1) is 6.92 Å². The molecule has 0 saturated heterocycles. The molecule has 2 aromatic rings. The van der Waals surface area contributed by atoms with Crippen molar-refractivity contribution in [3.05, 3.63) is 59.2 Å². The predicted molar refractivity (Wildman–Crippen MR) is 80.0 cm³/mol. The van der Waals surface area contributed by atoms with Crippen LogP contribution in [0.3, 0.4) is 0 Å². The van der Waals surface area contributed by atoms with E-state index < -0.39 is 5.91 Å². The number of primary amides is 1. The van der Waals surface area contributed by atoms with Crippen molar-refractivity contribution in [1.29, 1.82) is 0 Å². The van der Waals surface area contributed by atoms with Crippen molar-refractivity contribution >= 4 is 11.6 Å². The third-order valence-corrected chi connectivity index (χ3v) is 3.26. The molecule has 0 atom stereocenters. The summed E-state index contributed by atoms with van der Waals surface area (Å²) in [4.78, 5) is 11.3. The fourth-order valence-electron chi connectivity index (χ4n) is 2.13. The standard InChI is InChI=1S/C16H18N2O2/c1-11-13(16(17)19)7-5-8-14(11)18-10-12-6-3-4-9-15(12)20-2/h3-9,18H,10H2,1-2H3,(H2,17,19). The fraction of sp³-hybridized carbons (Fsp3) is 0.188. The maximum absolute atomic E-state index is 11.3. The molecule has 2 aromatic carbocycles. The summed E-state index contributed by atoms with van der Waals surface area (Å²) in [5.74, 6) is 0.423. The van der Waals surface area contributed by atoms with Crippen molar-refractivity contribution < 1.29 is 9.53 Å². The van der Waals surface area contributed by atoms with Gasteiger partial charge >= 0.3 is 0 Å². The minimum absolute atomic E-state index is 0.413. The van der Waals surface area contributed by atoms with E-state index >= 15 is 0 Å². The molecule has 0 aliphatic heterocycles. The minimum Gasteiger partial charge on any atom is -0.496 e. The van der Waals surface area contributed by atoms with E-state index in [1.807, 2.05) is 43.3 Å². The Morgan fingerprint density at radius 2 is 1.95 bits per heavy atom. The number of rotatable bonds is 5. The lowest BCUT2D eigenvalue weighted by Crippen LogP contribution is -2.14. The number of nitrogens with two attached hydrogens (primary N) is 1. The Labute approximate surface area is 118 Å². The molecule has 4 nitrogen and oxygen atoms in total. The summed E-state index contributed by atoms with van der Waals surface area (Å²) in [5, 5.41) is 3.31. The number of amides is 1. The van der Waals surface area contributed by atoms with E-state index in [2.05, 4.69) is 5.32 Å². The van der Waals surface area contributed by atoms with E-state index in [-0.39, 0.29) is 0 Å². The summed E-state index contributed by atoms with van der Waals surface area (Å²) in [7, 11) is 1.65. The molecule has 20 heavy (non-hydrogen) atoms. The molecule has 0 radical (unpaired) electrons. The first kappa shape index (κ1) is 13.9. The molecule has 2 rings (SSSR count). The number of benzene rings is 2. The first-order chi connectivity index (χ1) is 9.63. The van der Waals surface area contributed by atoms with E-state index in [0.29, 0.717) is 12.1 Å². The number of hydrogen-bond donors (Lipinski definition) is 2. The van der Waals surface area contributed by atoms with Gasteiger partial charge in [0, 0.05) is 23.4 Å². The number of anilines is 1. The number of carbonyl (C=O) groups is 1. The topological polar surface area (TPSA) is 64.3 Å². The highest BCUT2D eigenvalue weighted by Crippen LogP contribution is 2.22. The van der Waals surface area contributed by atoms with Crippen molar-refractivity contribution in [1.82, 2.24) is 0 Å². The van der Waals surface area contributed by atoms with Gasteiger partial charge in [0.25, 0.3) is 0 Å². The molecular formula is C16H18N2O2. The molecule has 0 bridgehead atoms. The lowest BCUT2D eigenvalue weighted by molar-refractivity contribution is 0.1000. The van der Waals surface area contributed by atoms with Gasteiger partial charge in [-0.05, 0) is 30.7 Å². The van der Waals surface area contributed by atoms with Crippen LogP contribution in [0.5, 0.6) is 5.75 Å². The Hall–Kier alpha value is -2.49. The average molecular weight is 270 g/mol. The molecular weight excluding hydrogens is 252 g/mol. The van der Waals surface area contributed by atoms with Crippen molar-refractivity contribution in [3.63, 3.8) is 0 Å². The summed E-state index contributed by atoms with van der Waals surface area (Å²) in [5.41, 5.74) is 8.69. The van der Waals surface area contributed by atoms with Gasteiger partial charge in [-0.2, -0.15) is 0 Å². The number of hydrogen-bond acceptors (Lipinski definition) is 3. The van der Waals surface area contributed by atoms with Crippen LogP contribution in [0.15, 0.2) is 42.5 Å². The van der Waals surface area contributed by atoms with Crippen LogP contribution >= 0.6 is 0 Å². The van der Waals surface area contributed by atoms with Crippen LogP contribution in [0.4, 0.5) is 5.69 Å². The van der Waals surface area contributed by atoms with E-state index in [1.54, 1.807) is 13.2 Å². The third-order valence-electron chi connectivity index (χ3n) is 3.26. The van der Waals surface area contributed by atoms with Gasteiger partial charge in [0.15, 0.2) is 0 Å². The third kappa shape index (κ3) is 2.91. The molecule has 0 unspecified atom stereocenters. The van der Waals surface area contributed by atoms with Crippen molar-refractivity contribution in [2.75, 3.05) is 12.4 Å². The molecule has 104 valence electrons. The van der Waals surface area contributed by atoms with E-state index in [0.717, 1.165) is 22.6 Å². The van der Waals surface area contributed by atoms with Crippen LogP contribution in [0.1, 0.15) is 21.5 Å². The zero-order valence-electron chi connectivity index (χ0n) is 11.6. The van der Waals surface area contributed by atoms with Crippen LogP contribution in [-0.2, 0) is 6.54 Å². The molecule has 0 fully saturated rings. The molecule has 0 aliphatic rings. The first-order valence-electron chi connectivity index (χ1n) is 6.38. The van der Waals surface area contributed by atoms with Gasteiger partial charge in [0.1, 0.15) is 5.75 Å². The van der Waals surface area contributed by atoms with Gasteiger partial charge in [0.05, 0.1) is 7.11 Å². The lowest BCUT2D eigenvalue weighted by atomic mass is 10.1. The average Bonchev–Trinajstić information content (AvgIpc) is 2.46. The molecule has 0 aromatic heterocycles. The van der Waals surface area contributed by atoms with Crippen molar-refractivity contribution in [3.8, 4) is 5.75 Å². The second-order valence-electron chi connectivity index (χ2n) is 4.51. The SMILES string of the molecule is COc1ccccc1CNc1cccc(C(N)=O)c1C. The van der Waals surface area contributed by atoms with E-state index in [1.165, 1.54) is 0 Å². The molecule has 0 heterocycles. The molecule has 1 amide bonds. The number of methoxy groups -OCH3 is 1. The van der Waals surface area contributed by atoms with Crippen LogP contribution in [-0.4, -0.2) is 13.0 Å². The predicted octanol–water partition coefficient (Wildman–Crippen LogP) is 2.71. The highest BCUT2D eigenvalue weighted by molar-refractivity contribution is 5.95. The molecule has 0 aliphatic carbocycles. The zero-order valence-corrected chi connectivity index (χ0v) is 11.6. The summed E-state index contributed by atoms with van der Waals surface area (Å²) in [6, 6.07) is 13.3. The maximum atomic E-state index is 11.3. The first-order valence-corrected chi connectivity index (χ1v) is 6.38. The zero-order chi connectivity index (χ0) is 14.5. The Balaban J connectivity index is 2.19. The Morgan fingerprint density at radius 3 is 2.65 bits per heavy atom. The number of ether oxygens (including phenoxy) is 1. The summed E-state index contributed by atoms with van der Waals surface area (Å²) in [6.45, 7) is 2.50. The Kier molecular flexibility index (Phi) is 4.25. The van der Waals surface area contributed by atoms with Gasteiger partial charge in [-0.25, -0.2) is 0 Å². The molecule has 0 saturated carbocycles. The summed E-state index contributed by atoms with van der Waals surface area (Å²) in [6.07, 6.45) is 0. The van der Waals surface area contributed by atoms with Crippen LogP contribution in [0.2, 0.25) is 0 Å². The van der Waals surface area contributed by atoms with E-state index in [4.69, 9.17) is 10.5 Å². The van der Waals surface area contributed by atoms with Gasteiger partial charge in [-0.3, -0.25) is 4.79 Å². The highest BCUT2D eigenvalue weighted by Gasteiger charge is 2.08. The second kappa shape index (κ2) is 6.10. The minimum atomic E-state index is -0.413. The quantitative estimate of drug-likeness (QED) is 0.878. The smallest absolute Gasteiger partial charge is 0.249 e. The normalized spacial score (nSPS) is 10.1. The molecule has 4 heteroatoms. The van der Waals surface area contributed by atoms with Crippen LogP contribution < -0.4 is 15.8 Å². The van der Waals surface area contributed by atoms with Crippen molar-refractivity contribution in [2.45, 2.75) is 13.5 Å². The van der Waals surface area contributed by atoms with Crippen LogP contribution in [0.25, 0.3) is 0 Å². The van der Waals surface area contributed by atoms with E-state index in [9.17, 15) is 4.79 Å². The number of carbonyl (C=O) groups excluding carboxylic acids is 1. The van der Waals surface area contributed by atoms with Gasteiger partial charge < -0.3 is 15.8 Å².